The van der Waals surface area contributed by atoms with Gasteiger partial charge in [-0.1, -0.05) is 22.9 Å². The van der Waals surface area contributed by atoms with Crippen LogP contribution in [0.4, 0.5) is 0 Å². The fourth-order valence-electron chi connectivity index (χ4n) is 1.61. The zero-order valence-electron chi connectivity index (χ0n) is 7.24. The molecule has 0 radical (unpaired) electrons. The zero-order valence-corrected chi connectivity index (χ0v) is 8.82. The van der Waals surface area contributed by atoms with Gasteiger partial charge in [0.15, 0.2) is 0 Å². The van der Waals surface area contributed by atoms with Crippen LogP contribution in [0.2, 0.25) is 0 Å². The molecule has 0 aliphatic carbocycles. The van der Waals surface area contributed by atoms with Crippen LogP contribution < -0.4 is 0 Å². The molecule has 0 atom stereocenters. The molecule has 66 valence electrons. The molecule has 1 aliphatic rings. The number of rotatable bonds is 3. The smallest absolute Gasteiger partial charge is 0.0471 e. The second kappa shape index (κ2) is 4.46. The van der Waals surface area contributed by atoms with Gasteiger partial charge in [-0.25, -0.2) is 0 Å². The molecule has 0 spiro atoms. The molecule has 1 heterocycles. The molecule has 0 amide bonds. The van der Waals surface area contributed by atoms with E-state index in [0.29, 0.717) is 5.41 Å². The minimum atomic E-state index is 0.575. The molecule has 0 unspecified atom stereocenters. The SMILES string of the molecule is CC1(CCCBr)CCOCC1. The monoisotopic (exact) mass is 220 g/mol. The zero-order chi connectivity index (χ0) is 8.16. The highest BCUT2D eigenvalue weighted by Gasteiger charge is 2.26. The predicted molar refractivity (Wildman–Crippen MR) is 51.2 cm³/mol. The molecule has 0 saturated carbocycles. The van der Waals surface area contributed by atoms with Gasteiger partial charge in [0.1, 0.15) is 0 Å². The average Bonchev–Trinajstić information content (AvgIpc) is 2.03. The van der Waals surface area contributed by atoms with Crippen molar-refractivity contribution in [2.24, 2.45) is 5.41 Å². The van der Waals surface area contributed by atoms with Gasteiger partial charge in [-0.3, -0.25) is 0 Å². The first-order chi connectivity index (χ1) is 5.27. The number of hydrogen-bond acceptors (Lipinski definition) is 1. The van der Waals surface area contributed by atoms with Crippen molar-refractivity contribution >= 4 is 15.9 Å². The van der Waals surface area contributed by atoms with E-state index in [1.165, 1.54) is 25.7 Å². The number of hydrogen-bond donors (Lipinski definition) is 0. The summed E-state index contributed by atoms with van der Waals surface area (Å²) in [7, 11) is 0. The third-order valence-corrected chi connectivity index (χ3v) is 3.17. The molecular weight excluding hydrogens is 204 g/mol. The van der Waals surface area contributed by atoms with Gasteiger partial charge in [-0.05, 0) is 31.1 Å². The Balaban J connectivity index is 2.25. The summed E-state index contributed by atoms with van der Waals surface area (Å²) < 4.78 is 5.33. The maximum absolute atomic E-state index is 5.33. The Labute approximate surface area is 77.6 Å². The summed E-state index contributed by atoms with van der Waals surface area (Å²) >= 11 is 3.47. The lowest BCUT2D eigenvalue weighted by molar-refractivity contribution is 0.0196. The van der Waals surface area contributed by atoms with Crippen LogP contribution in [0.1, 0.15) is 32.6 Å². The van der Waals surface area contributed by atoms with Gasteiger partial charge in [0.2, 0.25) is 0 Å². The average molecular weight is 221 g/mol. The number of ether oxygens (including phenoxy) is 1. The van der Waals surface area contributed by atoms with Gasteiger partial charge in [-0.15, -0.1) is 0 Å². The molecule has 1 rings (SSSR count). The minimum Gasteiger partial charge on any atom is -0.381 e. The summed E-state index contributed by atoms with van der Waals surface area (Å²) in [6.07, 6.45) is 5.15. The molecule has 1 nitrogen and oxygen atoms in total. The molecule has 1 aliphatic heterocycles. The van der Waals surface area contributed by atoms with E-state index >= 15 is 0 Å². The van der Waals surface area contributed by atoms with Crippen molar-refractivity contribution in [3.05, 3.63) is 0 Å². The van der Waals surface area contributed by atoms with E-state index in [0.717, 1.165) is 18.5 Å². The van der Waals surface area contributed by atoms with E-state index in [4.69, 9.17) is 4.74 Å². The van der Waals surface area contributed by atoms with Gasteiger partial charge < -0.3 is 4.74 Å². The van der Waals surface area contributed by atoms with Crippen LogP contribution in [-0.4, -0.2) is 18.5 Å². The lowest BCUT2D eigenvalue weighted by Crippen LogP contribution is -2.26. The molecule has 2 heteroatoms. The van der Waals surface area contributed by atoms with Gasteiger partial charge in [0.25, 0.3) is 0 Å². The Morgan fingerprint density at radius 1 is 1.36 bits per heavy atom. The minimum absolute atomic E-state index is 0.575. The lowest BCUT2D eigenvalue weighted by atomic mass is 9.79. The molecule has 11 heavy (non-hydrogen) atoms. The van der Waals surface area contributed by atoms with Crippen molar-refractivity contribution < 1.29 is 4.74 Å². The van der Waals surface area contributed by atoms with E-state index in [9.17, 15) is 0 Å². The topological polar surface area (TPSA) is 9.23 Å². The van der Waals surface area contributed by atoms with E-state index in [-0.39, 0.29) is 0 Å². The summed E-state index contributed by atoms with van der Waals surface area (Å²) in [4.78, 5) is 0. The number of halogens is 1. The molecule has 1 fully saturated rings. The quantitative estimate of drug-likeness (QED) is 0.665. The van der Waals surface area contributed by atoms with Crippen molar-refractivity contribution in [3.63, 3.8) is 0 Å². The summed E-state index contributed by atoms with van der Waals surface area (Å²) in [6.45, 7) is 4.33. The van der Waals surface area contributed by atoms with Gasteiger partial charge in [-0.2, -0.15) is 0 Å². The molecule has 0 aromatic rings. The lowest BCUT2D eigenvalue weighted by Gasteiger charge is -2.33. The van der Waals surface area contributed by atoms with Crippen LogP contribution in [0.3, 0.4) is 0 Å². The third-order valence-electron chi connectivity index (χ3n) is 2.61. The normalized spacial score (nSPS) is 23.5. The Bertz CT molecular complexity index is 108. The molecular formula is C9H17BrO. The molecule has 1 saturated heterocycles. The van der Waals surface area contributed by atoms with Crippen LogP contribution in [0.25, 0.3) is 0 Å². The summed E-state index contributed by atoms with van der Waals surface area (Å²) in [6, 6.07) is 0. The Hall–Kier alpha value is 0.440. The van der Waals surface area contributed by atoms with Crippen molar-refractivity contribution in [1.82, 2.24) is 0 Å². The molecule has 0 N–H and O–H groups in total. The predicted octanol–water partition coefficient (Wildman–Crippen LogP) is 2.98. The Kier molecular flexibility index (Phi) is 3.86. The maximum Gasteiger partial charge on any atom is 0.0471 e. The van der Waals surface area contributed by atoms with Crippen molar-refractivity contribution in [1.29, 1.82) is 0 Å². The Morgan fingerprint density at radius 3 is 2.55 bits per heavy atom. The summed E-state index contributed by atoms with van der Waals surface area (Å²) in [5, 5.41) is 1.14. The third kappa shape index (κ3) is 3.12. The largest absolute Gasteiger partial charge is 0.381 e. The van der Waals surface area contributed by atoms with Crippen LogP contribution >= 0.6 is 15.9 Å². The second-order valence-corrected chi connectivity index (χ2v) is 4.51. The summed E-state index contributed by atoms with van der Waals surface area (Å²) in [5.41, 5.74) is 0.575. The molecule has 0 aromatic heterocycles. The van der Waals surface area contributed by atoms with Gasteiger partial charge in [0.05, 0.1) is 0 Å². The highest BCUT2D eigenvalue weighted by molar-refractivity contribution is 9.09. The van der Waals surface area contributed by atoms with Crippen LogP contribution in [0, 0.1) is 5.41 Å². The fourth-order valence-corrected chi connectivity index (χ4v) is 1.89. The van der Waals surface area contributed by atoms with Crippen LogP contribution in [-0.2, 0) is 4.74 Å². The highest BCUT2D eigenvalue weighted by Crippen LogP contribution is 2.34. The van der Waals surface area contributed by atoms with Crippen LogP contribution in [0.5, 0.6) is 0 Å². The van der Waals surface area contributed by atoms with Gasteiger partial charge >= 0.3 is 0 Å². The maximum atomic E-state index is 5.33. The van der Waals surface area contributed by atoms with E-state index < -0.39 is 0 Å². The fraction of sp³-hybridized carbons (Fsp3) is 1.00. The van der Waals surface area contributed by atoms with Crippen molar-refractivity contribution in [2.45, 2.75) is 32.6 Å². The number of alkyl halides is 1. The van der Waals surface area contributed by atoms with E-state index in [1.807, 2.05) is 0 Å². The summed E-state index contributed by atoms with van der Waals surface area (Å²) in [5.74, 6) is 0. The molecule has 0 aromatic carbocycles. The first kappa shape index (κ1) is 9.53. The van der Waals surface area contributed by atoms with Crippen molar-refractivity contribution in [2.75, 3.05) is 18.5 Å². The standard InChI is InChI=1S/C9H17BrO/c1-9(3-2-6-10)4-7-11-8-5-9/h2-8H2,1H3. The second-order valence-electron chi connectivity index (χ2n) is 3.72. The van der Waals surface area contributed by atoms with Gasteiger partial charge in [0, 0.05) is 18.5 Å². The van der Waals surface area contributed by atoms with E-state index in [1.54, 1.807) is 0 Å². The van der Waals surface area contributed by atoms with Crippen LogP contribution in [0.15, 0.2) is 0 Å². The van der Waals surface area contributed by atoms with Crippen molar-refractivity contribution in [3.8, 4) is 0 Å². The first-order valence-corrected chi connectivity index (χ1v) is 5.53. The first-order valence-electron chi connectivity index (χ1n) is 4.41. The highest BCUT2D eigenvalue weighted by atomic mass is 79.9. The van der Waals surface area contributed by atoms with E-state index in [2.05, 4.69) is 22.9 Å². The molecule has 0 bridgehead atoms. The Morgan fingerprint density at radius 2 is 2.00 bits per heavy atom.